The van der Waals surface area contributed by atoms with Crippen molar-refractivity contribution in [2.45, 2.75) is 32.1 Å². The SMILES string of the molecule is OCC[NH+]1CCC2CCCCC2C1. The lowest BCUT2D eigenvalue weighted by Gasteiger charge is -2.38. The third-order valence-electron chi connectivity index (χ3n) is 3.95. The maximum atomic E-state index is 8.89. The molecule has 0 spiro atoms. The van der Waals surface area contributed by atoms with Crippen LogP contribution in [0.3, 0.4) is 0 Å². The van der Waals surface area contributed by atoms with Crippen molar-refractivity contribution in [3.8, 4) is 0 Å². The summed E-state index contributed by atoms with van der Waals surface area (Å²) in [6.45, 7) is 3.99. The molecular weight excluding hydrogens is 162 g/mol. The molecule has 2 fully saturated rings. The molecule has 1 heterocycles. The summed E-state index contributed by atoms with van der Waals surface area (Å²) in [6, 6.07) is 0. The second kappa shape index (κ2) is 4.43. The zero-order chi connectivity index (χ0) is 9.10. The van der Waals surface area contributed by atoms with Crippen molar-refractivity contribution < 1.29 is 10.0 Å². The molecule has 0 aromatic carbocycles. The molecule has 0 aromatic rings. The number of rotatable bonds is 2. The largest absolute Gasteiger partial charge is 0.391 e. The predicted octanol–water partition coefficient (Wildman–Crippen LogP) is 0.0737. The van der Waals surface area contributed by atoms with Gasteiger partial charge in [-0.15, -0.1) is 0 Å². The summed E-state index contributed by atoms with van der Waals surface area (Å²) in [7, 11) is 0. The molecule has 2 rings (SSSR count). The van der Waals surface area contributed by atoms with Gasteiger partial charge in [0.15, 0.2) is 0 Å². The van der Waals surface area contributed by atoms with Crippen LogP contribution in [-0.2, 0) is 0 Å². The monoisotopic (exact) mass is 184 g/mol. The molecule has 0 aromatic heterocycles. The molecule has 1 aliphatic carbocycles. The smallest absolute Gasteiger partial charge is 0.101 e. The van der Waals surface area contributed by atoms with Crippen molar-refractivity contribution in [3.05, 3.63) is 0 Å². The molecule has 2 N–H and O–H groups in total. The lowest BCUT2D eigenvalue weighted by Crippen LogP contribution is -3.14. The van der Waals surface area contributed by atoms with E-state index in [-0.39, 0.29) is 0 Å². The van der Waals surface area contributed by atoms with Crippen molar-refractivity contribution in [1.82, 2.24) is 0 Å². The fraction of sp³-hybridized carbons (Fsp3) is 1.00. The van der Waals surface area contributed by atoms with Gasteiger partial charge in [-0.3, -0.25) is 0 Å². The number of piperidine rings is 1. The minimum absolute atomic E-state index is 0.368. The van der Waals surface area contributed by atoms with Gasteiger partial charge < -0.3 is 10.0 Å². The van der Waals surface area contributed by atoms with Gasteiger partial charge in [-0.2, -0.15) is 0 Å². The van der Waals surface area contributed by atoms with Crippen LogP contribution in [0.5, 0.6) is 0 Å². The van der Waals surface area contributed by atoms with Crippen LogP contribution in [0.4, 0.5) is 0 Å². The minimum Gasteiger partial charge on any atom is -0.391 e. The van der Waals surface area contributed by atoms with E-state index in [1.54, 1.807) is 4.90 Å². The van der Waals surface area contributed by atoms with E-state index in [9.17, 15) is 0 Å². The van der Waals surface area contributed by atoms with E-state index in [0.717, 1.165) is 18.4 Å². The minimum atomic E-state index is 0.368. The number of fused-ring (bicyclic) bond motifs is 1. The standard InChI is InChI=1S/C11H21NO/c13-8-7-12-6-5-10-3-1-2-4-11(10)9-12/h10-11,13H,1-9H2/p+1. The Bertz CT molecular complexity index is 160. The van der Waals surface area contributed by atoms with Crippen molar-refractivity contribution in [3.63, 3.8) is 0 Å². The van der Waals surface area contributed by atoms with E-state index >= 15 is 0 Å². The van der Waals surface area contributed by atoms with Gasteiger partial charge in [0, 0.05) is 5.92 Å². The summed E-state index contributed by atoms with van der Waals surface area (Å²) in [4.78, 5) is 1.64. The molecule has 2 aliphatic rings. The van der Waals surface area contributed by atoms with Gasteiger partial charge in [0.05, 0.1) is 19.7 Å². The Balaban J connectivity index is 1.84. The first kappa shape index (κ1) is 9.47. The number of nitrogens with one attached hydrogen (secondary N) is 1. The summed E-state index contributed by atoms with van der Waals surface area (Å²) in [5, 5.41) is 8.89. The van der Waals surface area contributed by atoms with Gasteiger partial charge in [0.1, 0.15) is 6.54 Å². The maximum Gasteiger partial charge on any atom is 0.101 e. The topological polar surface area (TPSA) is 24.7 Å². The van der Waals surface area contributed by atoms with E-state index in [2.05, 4.69) is 0 Å². The number of aliphatic hydroxyl groups excluding tert-OH is 1. The van der Waals surface area contributed by atoms with Crippen LogP contribution in [0, 0.1) is 11.8 Å². The quantitative estimate of drug-likeness (QED) is 0.624. The van der Waals surface area contributed by atoms with Gasteiger partial charge in [0.25, 0.3) is 0 Å². The normalized spacial score (nSPS) is 39.9. The van der Waals surface area contributed by atoms with Crippen LogP contribution in [0.1, 0.15) is 32.1 Å². The Morgan fingerprint density at radius 1 is 1.08 bits per heavy atom. The van der Waals surface area contributed by atoms with Gasteiger partial charge in [-0.25, -0.2) is 0 Å². The van der Waals surface area contributed by atoms with Gasteiger partial charge in [0.2, 0.25) is 0 Å². The van der Waals surface area contributed by atoms with Crippen LogP contribution in [0.25, 0.3) is 0 Å². The number of likely N-dealkylation sites (tertiary alicyclic amines) is 1. The summed E-state index contributed by atoms with van der Waals surface area (Å²) in [5.74, 6) is 2.03. The van der Waals surface area contributed by atoms with Crippen molar-refractivity contribution in [1.29, 1.82) is 0 Å². The molecule has 0 amide bonds. The van der Waals surface area contributed by atoms with E-state index in [1.165, 1.54) is 45.2 Å². The highest BCUT2D eigenvalue weighted by molar-refractivity contribution is 4.76. The summed E-state index contributed by atoms with van der Waals surface area (Å²) in [5.41, 5.74) is 0. The number of quaternary nitrogens is 1. The molecule has 2 heteroatoms. The Kier molecular flexibility index (Phi) is 3.23. The first-order valence-electron chi connectivity index (χ1n) is 5.84. The van der Waals surface area contributed by atoms with Crippen LogP contribution >= 0.6 is 0 Å². The van der Waals surface area contributed by atoms with Crippen molar-refractivity contribution in [2.24, 2.45) is 11.8 Å². The van der Waals surface area contributed by atoms with Crippen molar-refractivity contribution in [2.75, 3.05) is 26.2 Å². The fourth-order valence-corrected chi connectivity index (χ4v) is 3.18. The molecule has 0 radical (unpaired) electrons. The summed E-state index contributed by atoms with van der Waals surface area (Å²) >= 11 is 0. The first-order valence-corrected chi connectivity index (χ1v) is 5.84. The maximum absolute atomic E-state index is 8.89. The molecule has 13 heavy (non-hydrogen) atoms. The average molecular weight is 184 g/mol. The molecule has 1 saturated carbocycles. The third-order valence-corrected chi connectivity index (χ3v) is 3.95. The first-order chi connectivity index (χ1) is 6.40. The van der Waals surface area contributed by atoms with Gasteiger partial charge in [-0.1, -0.05) is 12.8 Å². The van der Waals surface area contributed by atoms with Crippen LogP contribution in [-0.4, -0.2) is 31.3 Å². The molecule has 1 saturated heterocycles. The Morgan fingerprint density at radius 2 is 1.85 bits per heavy atom. The zero-order valence-corrected chi connectivity index (χ0v) is 8.47. The molecular formula is C11H22NO+. The molecule has 3 atom stereocenters. The zero-order valence-electron chi connectivity index (χ0n) is 8.47. The van der Waals surface area contributed by atoms with Crippen molar-refractivity contribution >= 4 is 0 Å². The summed E-state index contributed by atoms with van der Waals surface area (Å²) in [6.07, 6.45) is 7.28. The molecule has 1 aliphatic heterocycles. The Hall–Kier alpha value is -0.0800. The molecule has 2 nitrogen and oxygen atoms in total. The second-order valence-corrected chi connectivity index (χ2v) is 4.77. The average Bonchev–Trinajstić information content (AvgIpc) is 2.18. The van der Waals surface area contributed by atoms with E-state index < -0.39 is 0 Å². The lowest BCUT2D eigenvalue weighted by molar-refractivity contribution is -0.910. The van der Waals surface area contributed by atoms with Crippen LogP contribution < -0.4 is 4.90 Å². The predicted molar refractivity (Wildman–Crippen MR) is 52.7 cm³/mol. The molecule has 76 valence electrons. The Labute approximate surface area is 80.9 Å². The number of hydrogen-bond acceptors (Lipinski definition) is 1. The van der Waals surface area contributed by atoms with Crippen LogP contribution in [0.2, 0.25) is 0 Å². The van der Waals surface area contributed by atoms with Gasteiger partial charge in [-0.05, 0) is 25.2 Å². The molecule has 0 bridgehead atoms. The number of aliphatic hydroxyl groups is 1. The van der Waals surface area contributed by atoms with Gasteiger partial charge >= 0.3 is 0 Å². The fourth-order valence-electron chi connectivity index (χ4n) is 3.18. The van der Waals surface area contributed by atoms with E-state index in [4.69, 9.17) is 5.11 Å². The van der Waals surface area contributed by atoms with Crippen LogP contribution in [0.15, 0.2) is 0 Å². The molecule has 3 unspecified atom stereocenters. The highest BCUT2D eigenvalue weighted by atomic mass is 16.3. The number of hydrogen-bond donors (Lipinski definition) is 2. The summed E-state index contributed by atoms with van der Waals surface area (Å²) < 4.78 is 0. The lowest BCUT2D eigenvalue weighted by atomic mass is 9.75. The highest BCUT2D eigenvalue weighted by Crippen LogP contribution is 2.32. The third kappa shape index (κ3) is 2.23. The van der Waals surface area contributed by atoms with E-state index in [0.29, 0.717) is 6.61 Å². The van der Waals surface area contributed by atoms with E-state index in [1.807, 2.05) is 0 Å². The highest BCUT2D eigenvalue weighted by Gasteiger charge is 2.33. The Morgan fingerprint density at radius 3 is 2.62 bits per heavy atom. The second-order valence-electron chi connectivity index (χ2n) is 4.77.